The molecule has 0 spiro atoms. The van der Waals surface area contributed by atoms with Crippen molar-refractivity contribution < 1.29 is 4.79 Å². The largest absolute Gasteiger partial charge is 0.346 e. The van der Waals surface area contributed by atoms with Gasteiger partial charge in [0.05, 0.1) is 6.04 Å². The van der Waals surface area contributed by atoms with Crippen molar-refractivity contribution in [3.63, 3.8) is 0 Å². The summed E-state index contributed by atoms with van der Waals surface area (Å²) in [5.74, 6) is 0. The number of benzene rings is 1. The maximum absolute atomic E-state index is 12.6. The highest BCUT2D eigenvalue weighted by Crippen LogP contribution is 2.28. The lowest BCUT2D eigenvalue weighted by Crippen LogP contribution is -2.43. The summed E-state index contributed by atoms with van der Waals surface area (Å²) in [4.78, 5) is 22.1. The van der Waals surface area contributed by atoms with Crippen LogP contribution < -0.4 is 5.32 Å². The van der Waals surface area contributed by atoms with Crippen LogP contribution in [-0.2, 0) is 0 Å². The van der Waals surface area contributed by atoms with Crippen molar-refractivity contribution in [1.29, 1.82) is 0 Å². The van der Waals surface area contributed by atoms with Gasteiger partial charge in [-0.05, 0) is 43.5 Å². The number of carbonyl (C=O) groups excluding carboxylic acids is 1. The molecular formula is C22H24N4O. The maximum atomic E-state index is 12.6. The summed E-state index contributed by atoms with van der Waals surface area (Å²) in [6, 6.07) is 12.3. The monoisotopic (exact) mass is 360 g/mol. The zero-order valence-electron chi connectivity index (χ0n) is 15.7. The van der Waals surface area contributed by atoms with Gasteiger partial charge in [0.15, 0.2) is 0 Å². The molecule has 5 heteroatoms. The lowest BCUT2D eigenvalue weighted by molar-refractivity contribution is 0.200. The molecule has 1 aliphatic rings. The van der Waals surface area contributed by atoms with Crippen molar-refractivity contribution in [3.05, 3.63) is 71.6 Å². The van der Waals surface area contributed by atoms with E-state index in [1.807, 2.05) is 30.2 Å². The Morgan fingerprint density at radius 2 is 2.19 bits per heavy atom. The van der Waals surface area contributed by atoms with E-state index in [9.17, 15) is 4.79 Å². The Labute approximate surface area is 159 Å². The quantitative estimate of drug-likeness (QED) is 0.726. The van der Waals surface area contributed by atoms with Gasteiger partial charge >= 0.3 is 6.03 Å². The second kappa shape index (κ2) is 7.27. The summed E-state index contributed by atoms with van der Waals surface area (Å²) in [7, 11) is 0. The van der Waals surface area contributed by atoms with E-state index in [2.05, 4.69) is 52.5 Å². The summed E-state index contributed by atoms with van der Waals surface area (Å²) >= 11 is 0. The van der Waals surface area contributed by atoms with Gasteiger partial charge in [-0.2, -0.15) is 0 Å². The standard InChI is InChI=1S/C22H24N4O/c1-15-5-3-6-18(13-15)16(2)25-22(27)26-11-8-17(9-12-26)20-14-24-21-19(20)7-4-10-23-21/h3-8,10,13-14,16H,9,11-12H2,1-2H3,(H,23,24)(H,25,27)/t16-/m0/s1. The molecule has 3 heterocycles. The highest BCUT2D eigenvalue weighted by Gasteiger charge is 2.21. The number of fused-ring (bicyclic) bond motifs is 1. The Kier molecular flexibility index (Phi) is 4.67. The fourth-order valence-electron chi connectivity index (χ4n) is 3.62. The van der Waals surface area contributed by atoms with Gasteiger partial charge in [-0.15, -0.1) is 0 Å². The summed E-state index contributed by atoms with van der Waals surface area (Å²) in [6.45, 7) is 5.42. The maximum Gasteiger partial charge on any atom is 0.318 e. The van der Waals surface area contributed by atoms with Crippen LogP contribution in [0.3, 0.4) is 0 Å². The second-order valence-corrected chi connectivity index (χ2v) is 7.11. The molecule has 27 heavy (non-hydrogen) atoms. The number of rotatable bonds is 3. The first-order chi connectivity index (χ1) is 13.1. The molecule has 0 bridgehead atoms. The highest BCUT2D eigenvalue weighted by atomic mass is 16.2. The normalized spacial score (nSPS) is 15.5. The molecule has 138 valence electrons. The molecule has 0 aliphatic carbocycles. The summed E-state index contributed by atoms with van der Waals surface area (Å²) in [5.41, 5.74) is 5.69. The zero-order chi connectivity index (χ0) is 18.8. The summed E-state index contributed by atoms with van der Waals surface area (Å²) in [6.07, 6.45) is 6.79. The molecular weight excluding hydrogens is 336 g/mol. The van der Waals surface area contributed by atoms with Gasteiger partial charge in [0.1, 0.15) is 5.65 Å². The predicted molar refractivity (Wildman–Crippen MR) is 108 cm³/mol. The molecule has 0 saturated carbocycles. The van der Waals surface area contributed by atoms with Crippen LogP contribution in [0.2, 0.25) is 0 Å². The molecule has 0 saturated heterocycles. The van der Waals surface area contributed by atoms with E-state index in [0.29, 0.717) is 13.1 Å². The average Bonchev–Trinajstić information content (AvgIpc) is 3.12. The van der Waals surface area contributed by atoms with E-state index < -0.39 is 0 Å². The minimum Gasteiger partial charge on any atom is -0.346 e. The lowest BCUT2D eigenvalue weighted by Gasteiger charge is -2.28. The van der Waals surface area contributed by atoms with Crippen LogP contribution in [0.1, 0.15) is 36.1 Å². The molecule has 0 radical (unpaired) electrons. The molecule has 1 aromatic carbocycles. The van der Waals surface area contributed by atoms with E-state index >= 15 is 0 Å². The Morgan fingerprint density at radius 3 is 2.96 bits per heavy atom. The van der Waals surface area contributed by atoms with Crippen molar-refractivity contribution in [2.24, 2.45) is 0 Å². The number of nitrogens with zero attached hydrogens (tertiary/aromatic N) is 2. The topological polar surface area (TPSA) is 61.0 Å². The number of hydrogen-bond acceptors (Lipinski definition) is 2. The number of hydrogen-bond donors (Lipinski definition) is 2. The van der Waals surface area contributed by atoms with Crippen LogP contribution in [0.4, 0.5) is 4.79 Å². The van der Waals surface area contributed by atoms with Crippen LogP contribution in [0.25, 0.3) is 16.6 Å². The third-order valence-corrected chi connectivity index (χ3v) is 5.18. The zero-order valence-corrected chi connectivity index (χ0v) is 15.7. The highest BCUT2D eigenvalue weighted by molar-refractivity contribution is 5.91. The predicted octanol–water partition coefficient (Wildman–Crippen LogP) is 4.43. The summed E-state index contributed by atoms with van der Waals surface area (Å²) in [5, 5.41) is 4.25. The van der Waals surface area contributed by atoms with Crippen LogP contribution in [-0.4, -0.2) is 34.0 Å². The van der Waals surface area contributed by atoms with E-state index in [0.717, 1.165) is 23.0 Å². The van der Waals surface area contributed by atoms with Crippen molar-refractivity contribution in [2.75, 3.05) is 13.1 Å². The minimum absolute atomic E-state index is 0.0116. The van der Waals surface area contributed by atoms with Crippen LogP contribution in [0, 0.1) is 6.92 Å². The Hall–Kier alpha value is -3.08. The van der Waals surface area contributed by atoms with Crippen LogP contribution >= 0.6 is 0 Å². The van der Waals surface area contributed by atoms with Gasteiger partial charge in [-0.3, -0.25) is 0 Å². The number of aromatic nitrogens is 2. The van der Waals surface area contributed by atoms with Crippen molar-refractivity contribution in [2.45, 2.75) is 26.3 Å². The Balaban J connectivity index is 1.43. The molecule has 2 amide bonds. The number of H-pyrrole nitrogens is 1. The molecule has 5 nitrogen and oxygen atoms in total. The molecule has 1 atom stereocenters. The lowest BCUT2D eigenvalue weighted by atomic mass is 10.00. The average molecular weight is 360 g/mol. The third kappa shape index (κ3) is 3.58. The van der Waals surface area contributed by atoms with Crippen molar-refractivity contribution in [3.8, 4) is 0 Å². The van der Waals surface area contributed by atoms with Crippen molar-refractivity contribution in [1.82, 2.24) is 20.2 Å². The number of nitrogens with one attached hydrogen (secondary N) is 2. The van der Waals surface area contributed by atoms with Crippen molar-refractivity contribution >= 4 is 22.6 Å². The Morgan fingerprint density at radius 1 is 1.30 bits per heavy atom. The molecule has 4 rings (SSSR count). The van der Waals surface area contributed by atoms with Gasteiger partial charge < -0.3 is 15.2 Å². The smallest absolute Gasteiger partial charge is 0.318 e. The third-order valence-electron chi connectivity index (χ3n) is 5.18. The summed E-state index contributed by atoms with van der Waals surface area (Å²) < 4.78 is 0. The molecule has 2 N–H and O–H groups in total. The fraction of sp³-hybridized carbons (Fsp3) is 0.273. The van der Waals surface area contributed by atoms with E-state index in [1.54, 1.807) is 6.20 Å². The first-order valence-electron chi connectivity index (χ1n) is 9.35. The van der Waals surface area contributed by atoms with Gasteiger partial charge in [-0.1, -0.05) is 35.9 Å². The van der Waals surface area contributed by atoms with Gasteiger partial charge in [0.2, 0.25) is 0 Å². The van der Waals surface area contributed by atoms with Crippen LogP contribution in [0.15, 0.2) is 54.9 Å². The number of aryl methyl sites for hydroxylation is 1. The van der Waals surface area contributed by atoms with E-state index in [1.165, 1.54) is 16.7 Å². The molecule has 3 aromatic rings. The van der Waals surface area contributed by atoms with E-state index in [-0.39, 0.29) is 12.1 Å². The van der Waals surface area contributed by atoms with Gasteiger partial charge in [0.25, 0.3) is 0 Å². The van der Waals surface area contributed by atoms with Gasteiger partial charge in [-0.25, -0.2) is 9.78 Å². The van der Waals surface area contributed by atoms with Crippen LogP contribution in [0.5, 0.6) is 0 Å². The molecule has 0 fully saturated rings. The second-order valence-electron chi connectivity index (χ2n) is 7.11. The fourth-order valence-corrected chi connectivity index (χ4v) is 3.62. The first-order valence-corrected chi connectivity index (χ1v) is 9.35. The number of aromatic amines is 1. The van der Waals surface area contributed by atoms with E-state index in [4.69, 9.17) is 0 Å². The number of amides is 2. The van der Waals surface area contributed by atoms with Gasteiger partial charge in [0, 0.05) is 36.4 Å². The Bertz CT molecular complexity index is 1000. The minimum atomic E-state index is -0.0140. The molecule has 0 unspecified atom stereocenters. The molecule has 2 aromatic heterocycles. The molecule has 1 aliphatic heterocycles. The number of urea groups is 1. The number of pyridine rings is 1. The SMILES string of the molecule is Cc1cccc([C@H](C)NC(=O)N2CC=C(c3c[nH]c4ncccc34)CC2)c1. The number of carbonyl (C=O) groups is 1. The first kappa shape index (κ1) is 17.3.